The zero-order valence-electron chi connectivity index (χ0n) is 7.93. The van der Waals surface area contributed by atoms with Gasteiger partial charge in [0.25, 0.3) is 0 Å². The van der Waals surface area contributed by atoms with Crippen LogP contribution in [0.4, 0.5) is 5.82 Å². The van der Waals surface area contributed by atoms with Crippen LogP contribution in [-0.2, 0) is 0 Å². The van der Waals surface area contributed by atoms with Crippen molar-refractivity contribution in [3.63, 3.8) is 0 Å². The maximum Gasteiger partial charge on any atom is 0.130 e. The molecule has 4 heteroatoms. The maximum atomic E-state index is 5.82. The standard InChI is InChI=1S/C10H12Cl2N2/c1-7(3-2-4-11)9-5-8(12)6-14-10(9)13/h3,5-6H,2,4H2,1H3,(H2,13,14). The molecule has 0 atom stereocenters. The van der Waals surface area contributed by atoms with Gasteiger partial charge >= 0.3 is 0 Å². The monoisotopic (exact) mass is 230 g/mol. The van der Waals surface area contributed by atoms with Gasteiger partial charge in [-0.25, -0.2) is 4.98 Å². The van der Waals surface area contributed by atoms with Crippen LogP contribution in [0.1, 0.15) is 18.9 Å². The van der Waals surface area contributed by atoms with Crippen molar-refractivity contribution in [2.24, 2.45) is 0 Å². The average molecular weight is 231 g/mol. The second-order valence-electron chi connectivity index (χ2n) is 2.95. The molecule has 0 aliphatic carbocycles. The van der Waals surface area contributed by atoms with Crippen molar-refractivity contribution < 1.29 is 0 Å². The third-order valence-corrected chi connectivity index (χ3v) is 2.29. The van der Waals surface area contributed by atoms with Crippen LogP contribution in [0.3, 0.4) is 0 Å². The first-order valence-electron chi connectivity index (χ1n) is 4.29. The fraction of sp³-hybridized carbons (Fsp3) is 0.300. The Labute approximate surface area is 93.7 Å². The van der Waals surface area contributed by atoms with E-state index >= 15 is 0 Å². The number of hydrogen-bond acceptors (Lipinski definition) is 2. The van der Waals surface area contributed by atoms with Gasteiger partial charge in [0, 0.05) is 17.6 Å². The molecule has 0 saturated carbocycles. The van der Waals surface area contributed by atoms with E-state index in [0.29, 0.717) is 16.7 Å². The lowest BCUT2D eigenvalue weighted by Gasteiger charge is -2.05. The van der Waals surface area contributed by atoms with Gasteiger partial charge in [0.2, 0.25) is 0 Å². The SMILES string of the molecule is CC(=CCCCl)c1cc(Cl)cnc1N. The van der Waals surface area contributed by atoms with Crippen molar-refractivity contribution in [1.29, 1.82) is 0 Å². The van der Waals surface area contributed by atoms with E-state index in [1.165, 1.54) is 6.20 Å². The van der Waals surface area contributed by atoms with Gasteiger partial charge in [0.15, 0.2) is 0 Å². The Kier molecular flexibility index (Phi) is 4.23. The molecule has 2 N–H and O–H groups in total. The van der Waals surface area contributed by atoms with E-state index in [1.807, 2.05) is 19.1 Å². The first kappa shape index (κ1) is 11.3. The first-order chi connectivity index (χ1) is 6.65. The van der Waals surface area contributed by atoms with Crippen LogP contribution in [0.2, 0.25) is 5.02 Å². The molecule has 0 amide bonds. The highest BCUT2D eigenvalue weighted by Crippen LogP contribution is 2.22. The lowest BCUT2D eigenvalue weighted by atomic mass is 10.1. The van der Waals surface area contributed by atoms with Gasteiger partial charge in [-0.15, -0.1) is 11.6 Å². The minimum absolute atomic E-state index is 0.498. The summed E-state index contributed by atoms with van der Waals surface area (Å²) >= 11 is 11.4. The van der Waals surface area contributed by atoms with Gasteiger partial charge in [0.05, 0.1) is 5.02 Å². The lowest BCUT2D eigenvalue weighted by molar-refractivity contribution is 1.23. The number of hydrogen-bond donors (Lipinski definition) is 1. The van der Waals surface area contributed by atoms with E-state index in [-0.39, 0.29) is 0 Å². The maximum absolute atomic E-state index is 5.82. The number of rotatable bonds is 3. The number of nitrogen functional groups attached to an aromatic ring is 1. The summed E-state index contributed by atoms with van der Waals surface area (Å²) in [5.74, 6) is 1.10. The number of halogens is 2. The molecule has 1 aromatic heterocycles. The van der Waals surface area contributed by atoms with E-state index in [2.05, 4.69) is 4.98 Å². The molecular weight excluding hydrogens is 219 g/mol. The Balaban J connectivity index is 2.99. The van der Waals surface area contributed by atoms with Crippen molar-refractivity contribution in [3.8, 4) is 0 Å². The highest BCUT2D eigenvalue weighted by atomic mass is 35.5. The number of allylic oxidation sites excluding steroid dienone is 2. The molecule has 0 saturated heterocycles. The molecule has 0 radical (unpaired) electrons. The second kappa shape index (κ2) is 5.23. The van der Waals surface area contributed by atoms with E-state index in [4.69, 9.17) is 28.9 Å². The molecule has 1 aromatic rings. The molecule has 14 heavy (non-hydrogen) atoms. The number of aromatic nitrogens is 1. The van der Waals surface area contributed by atoms with Crippen LogP contribution in [-0.4, -0.2) is 10.9 Å². The van der Waals surface area contributed by atoms with Crippen LogP contribution in [0.15, 0.2) is 18.3 Å². The van der Waals surface area contributed by atoms with Crippen molar-refractivity contribution in [2.75, 3.05) is 11.6 Å². The van der Waals surface area contributed by atoms with Crippen molar-refractivity contribution in [2.45, 2.75) is 13.3 Å². The van der Waals surface area contributed by atoms with Gasteiger partial charge in [-0.05, 0) is 25.0 Å². The number of anilines is 1. The van der Waals surface area contributed by atoms with E-state index < -0.39 is 0 Å². The van der Waals surface area contributed by atoms with Gasteiger partial charge in [-0.3, -0.25) is 0 Å². The third-order valence-electron chi connectivity index (χ3n) is 1.87. The van der Waals surface area contributed by atoms with Crippen LogP contribution in [0.5, 0.6) is 0 Å². The van der Waals surface area contributed by atoms with Crippen molar-refractivity contribution >= 4 is 34.6 Å². The first-order valence-corrected chi connectivity index (χ1v) is 5.20. The van der Waals surface area contributed by atoms with Crippen molar-refractivity contribution in [1.82, 2.24) is 4.98 Å². The largest absolute Gasteiger partial charge is 0.383 e. The fourth-order valence-corrected chi connectivity index (χ4v) is 1.41. The lowest BCUT2D eigenvalue weighted by Crippen LogP contribution is -1.95. The minimum atomic E-state index is 0.498. The van der Waals surface area contributed by atoms with E-state index in [0.717, 1.165) is 17.6 Å². The van der Waals surface area contributed by atoms with Crippen LogP contribution in [0.25, 0.3) is 5.57 Å². The average Bonchev–Trinajstić information content (AvgIpc) is 2.18. The topological polar surface area (TPSA) is 38.9 Å². The molecule has 0 aliphatic heterocycles. The van der Waals surface area contributed by atoms with Gasteiger partial charge < -0.3 is 5.73 Å². The third kappa shape index (κ3) is 2.89. The van der Waals surface area contributed by atoms with Crippen LogP contribution in [0, 0.1) is 0 Å². The minimum Gasteiger partial charge on any atom is -0.383 e. The Hall–Kier alpha value is -0.730. The summed E-state index contributed by atoms with van der Waals surface area (Å²) in [5.41, 5.74) is 7.65. The fourth-order valence-electron chi connectivity index (χ4n) is 1.15. The molecule has 76 valence electrons. The van der Waals surface area contributed by atoms with E-state index in [9.17, 15) is 0 Å². The predicted molar refractivity (Wildman–Crippen MR) is 62.6 cm³/mol. The van der Waals surface area contributed by atoms with Gasteiger partial charge in [-0.1, -0.05) is 17.7 Å². The number of pyridine rings is 1. The molecule has 2 nitrogen and oxygen atoms in total. The Morgan fingerprint density at radius 3 is 3.00 bits per heavy atom. The molecule has 1 rings (SSSR count). The summed E-state index contributed by atoms with van der Waals surface area (Å²) in [6, 6.07) is 1.81. The quantitative estimate of drug-likeness (QED) is 0.810. The molecular formula is C10H12Cl2N2. The zero-order valence-corrected chi connectivity index (χ0v) is 9.44. The number of alkyl halides is 1. The van der Waals surface area contributed by atoms with Crippen LogP contribution < -0.4 is 5.73 Å². The summed E-state index contributed by atoms with van der Waals surface area (Å²) in [6.07, 6.45) is 4.38. The Bertz CT molecular complexity index is 348. The molecule has 1 heterocycles. The molecule has 0 aromatic carbocycles. The second-order valence-corrected chi connectivity index (χ2v) is 3.77. The van der Waals surface area contributed by atoms with E-state index in [1.54, 1.807) is 0 Å². The summed E-state index contributed by atoms with van der Waals surface area (Å²) in [6.45, 7) is 1.97. The smallest absolute Gasteiger partial charge is 0.130 e. The molecule has 0 aliphatic rings. The molecule has 0 fully saturated rings. The van der Waals surface area contributed by atoms with Crippen molar-refractivity contribution in [3.05, 3.63) is 28.9 Å². The normalized spacial score (nSPS) is 11.8. The predicted octanol–water partition coefficient (Wildman–Crippen LogP) is 3.35. The highest BCUT2D eigenvalue weighted by Gasteiger charge is 2.02. The van der Waals surface area contributed by atoms with Gasteiger partial charge in [0.1, 0.15) is 5.82 Å². The summed E-state index contributed by atoms with van der Waals surface area (Å²) in [4.78, 5) is 3.98. The Morgan fingerprint density at radius 2 is 2.36 bits per heavy atom. The molecule has 0 bridgehead atoms. The van der Waals surface area contributed by atoms with Crippen LogP contribution >= 0.6 is 23.2 Å². The zero-order chi connectivity index (χ0) is 10.6. The number of nitrogens with two attached hydrogens (primary N) is 1. The summed E-state index contributed by atoms with van der Waals surface area (Å²) < 4.78 is 0. The Morgan fingerprint density at radius 1 is 1.64 bits per heavy atom. The van der Waals surface area contributed by atoms with Gasteiger partial charge in [-0.2, -0.15) is 0 Å². The summed E-state index contributed by atoms with van der Waals surface area (Å²) in [7, 11) is 0. The molecule has 0 spiro atoms. The summed E-state index contributed by atoms with van der Waals surface area (Å²) in [5, 5.41) is 0.591. The number of nitrogens with zero attached hydrogens (tertiary/aromatic N) is 1. The highest BCUT2D eigenvalue weighted by molar-refractivity contribution is 6.30. The molecule has 0 unspecified atom stereocenters.